The zero-order valence-electron chi connectivity index (χ0n) is 14.8. The molecule has 0 aliphatic carbocycles. The van der Waals surface area contributed by atoms with Gasteiger partial charge in [0.25, 0.3) is 0 Å². The molecule has 0 fully saturated rings. The number of aromatic nitrogens is 2. The molecule has 3 heterocycles. The van der Waals surface area contributed by atoms with Gasteiger partial charge in [0.05, 0.1) is 24.4 Å². The second kappa shape index (κ2) is 7.97. The van der Waals surface area contributed by atoms with E-state index < -0.39 is 0 Å². The van der Waals surface area contributed by atoms with Gasteiger partial charge in [-0.1, -0.05) is 31.2 Å². The lowest BCUT2D eigenvalue weighted by molar-refractivity contribution is 0.575. The topological polar surface area (TPSA) is 55.7 Å². The number of furan rings is 1. The van der Waals surface area contributed by atoms with E-state index in [1.54, 1.807) is 23.3 Å². The van der Waals surface area contributed by atoms with Gasteiger partial charge in [-0.2, -0.15) is 5.10 Å². The van der Waals surface area contributed by atoms with Crippen molar-refractivity contribution in [3.63, 3.8) is 0 Å². The van der Waals surface area contributed by atoms with Gasteiger partial charge >= 0.3 is 0 Å². The standard InChI is InChI=1S/C21H18N4OS/c1-2-16-7-9-17(10-8-16)13-23-25-19(20-6-4-12-26-20)15-27-21(25)24-18-5-3-11-22-14-18/h3-15H,2H2,1H3. The van der Waals surface area contributed by atoms with Crippen molar-refractivity contribution < 1.29 is 4.42 Å². The summed E-state index contributed by atoms with van der Waals surface area (Å²) in [5.74, 6) is 0.748. The monoisotopic (exact) mass is 374 g/mol. The van der Waals surface area contributed by atoms with Crippen LogP contribution in [-0.4, -0.2) is 15.9 Å². The van der Waals surface area contributed by atoms with Crippen LogP contribution in [0.3, 0.4) is 0 Å². The Morgan fingerprint density at radius 3 is 2.74 bits per heavy atom. The van der Waals surface area contributed by atoms with Crippen molar-refractivity contribution in [1.82, 2.24) is 9.66 Å². The van der Waals surface area contributed by atoms with Crippen molar-refractivity contribution in [1.29, 1.82) is 0 Å². The average molecular weight is 374 g/mol. The van der Waals surface area contributed by atoms with Crippen LogP contribution >= 0.6 is 11.3 Å². The summed E-state index contributed by atoms with van der Waals surface area (Å²) in [7, 11) is 0. The molecule has 3 aromatic heterocycles. The molecule has 134 valence electrons. The van der Waals surface area contributed by atoms with E-state index in [0.717, 1.165) is 33.9 Å². The Bertz CT molecular complexity index is 1090. The first kappa shape index (κ1) is 17.2. The lowest BCUT2D eigenvalue weighted by Gasteiger charge is -2.01. The van der Waals surface area contributed by atoms with Gasteiger partial charge in [-0.15, -0.1) is 11.3 Å². The molecule has 0 aliphatic rings. The SMILES string of the molecule is CCc1ccc(C=Nn2c(-c3ccco3)csc2=Nc2cccnc2)cc1. The van der Waals surface area contributed by atoms with Crippen LogP contribution in [0.5, 0.6) is 0 Å². The van der Waals surface area contributed by atoms with Crippen molar-refractivity contribution in [2.24, 2.45) is 10.1 Å². The van der Waals surface area contributed by atoms with Gasteiger partial charge < -0.3 is 4.42 Å². The zero-order valence-corrected chi connectivity index (χ0v) is 15.6. The van der Waals surface area contributed by atoms with Crippen LogP contribution in [0.4, 0.5) is 5.69 Å². The highest BCUT2D eigenvalue weighted by molar-refractivity contribution is 7.07. The van der Waals surface area contributed by atoms with Crippen LogP contribution < -0.4 is 4.80 Å². The van der Waals surface area contributed by atoms with Gasteiger partial charge in [0, 0.05) is 11.6 Å². The maximum atomic E-state index is 5.56. The third-order valence-corrected chi connectivity index (χ3v) is 4.86. The number of hydrogen-bond acceptors (Lipinski definition) is 5. The molecule has 0 unspecified atom stereocenters. The second-order valence-corrected chi connectivity index (χ2v) is 6.69. The summed E-state index contributed by atoms with van der Waals surface area (Å²) in [6.45, 7) is 2.15. The third-order valence-electron chi connectivity index (χ3n) is 4.04. The molecule has 0 amide bonds. The number of nitrogens with zero attached hydrogens (tertiary/aromatic N) is 4. The molecule has 0 bridgehead atoms. The van der Waals surface area contributed by atoms with Gasteiger partial charge in [-0.25, -0.2) is 9.67 Å². The molecule has 5 nitrogen and oxygen atoms in total. The fourth-order valence-corrected chi connectivity index (χ4v) is 3.41. The fraction of sp³-hybridized carbons (Fsp3) is 0.0952. The number of benzene rings is 1. The molecule has 4 rings (SSSR count). The average Bonchev–Trinajstić information content (AvgIpc) is 3.37. The highest BCUT2D eigenvalue weighted by atomic mass is 32.1. The summed E-state index contributed by atoms with van der Waals surface area (Å²) in [4.78, 5) is 9.54. The van der Waals surface area contributed by atoms with Gasteiger partial charge in [0.2, 0.25) is 4.80 Å². The molecule has 0 saturated carbocycles. The van der Waals surface area contributed by atoms with Crippen molar-refractivity contribution in [2.75, 3.05) is 0 Å². The minimum absolute atomic E-state index is 0.746. The maximum absolute atomic E-state index is 5.56. The second-order valence-electron chi connectivity index (χ2n) is 5.86. The van der Waals surface area contributed by atoms with Crippen molar-refractivity contribution in [3.8, 4) is 11.5 Å². The fourth-order valence-electron chi connectivity index (χ4n) is 2.58. The predicted octanol–water partition coefficient (Wildman–Crippen LogP) is 4.88. The maximum Gasteiger partial charge on any atom is 0.211 e. The quantitative estimate of drug-likeness (QED) is 0.467. The largest absolute Gasteiger partial charge is 0.463 e. The molecule has 0 spiro atoms. The van der Waals surface area contributed by atoms with E-state index in [-0.39, 0.29) is 0 Å². The molecule has 27 heavy (non-hydrogen) atoms. The lowest BCUT2D eigenvalue weighted by atomic mass is 10.1. The molecule has 0 aliphatic heterocycles. The highest BCUT2D eigenvalue weighted by Crippen LogP contribution is 2.21. The van der Waals surface area contributed by atoms with Crippen LogP contribution in [0.2, 0.25) is 0 Å². The Labute approximate surface area is 161 Å². The van der Waals surface area contributed by atoms with E-state index in [1.165, 1.54) is 16.9 Å². The number of aryl methyl sites for hydroxylation is 1. The Hall–Kier alpha value is -3.25. The first-order valence-electron chi connectivity index (χ1n) is 8.66. The predicted molar refractivity (Wildman–Crippen MR) is 108 cm³/mol. The molecule has 0 atom stereocenters. The molecule has 6 heteroatoms. The van der Waals surface area contributed by atoms with Crippen molar-refractivity contribution in [3.05, 3.63) is 88.5 Å². The number of rotatable bonds is 5. The van der Waals surface area contributed by atoms with E-state index in [0.29, 0.717) is 0 Å². The third kappa shape index (κ3) is 3.96. The Balaban J connectivity index is 1.77. The smallest absolute Gasteiger partial charge is 0.211 e. The Morgan fingerprint density at radius 2 is 2.04 bits per heavy atom. The number of hydrogen-bond donors (Lipinski definition) is 0. The van der Waals surface area contributed by atoms with E-state index in [1.807, 2.05) is 35.9 Å². The molecule has 4 aromatic rings. The first-order chi connectivity index (χ1) is 13.3. The van der Waals surface area contributed by atoms with E-state index in [9.17, 15) is 0 Å². The number of thiazole rings is 1. The zero-order chi connectivity index (χ0) is 18.5. The van der Waals surface area contributed by atoms with Gasteiger partial charge in [0.1, 0.15) is 5.69 Å². The molecular formula is C21H18N4OS. The van der Waals surface area contributed by atoms with E-state index in [2.05, 4.69) is 46.3 Å². The van der Waals surface area contributed by atoms with Gasteiger partial charge in [-0.05, 0) is 41.8 Å². The molecule has 0 N–H and O–H groups in total. The summed E-state index contributed by atoms with van der Waals surface area (Å²) in [6.07, 6.45) is 7.97. The molecule has 1 aromatic carbocycles. The van der Waals surface area contributed by atoms with Crippen molar-refractivity contribution in [2.45, 2.75) is 13.3 Å². The van der Waals surface area contributed by atoms with E-state index in [4.69, 9.17) is 4.42 Å². The van der Waals surface area contributed by atoms with Gasteiger partial charge in [0.15, 0.2) is 5.76 Å². The van der Waals surface area contributed by atoms with Crippen LogP contribution in [-0.2, 0) is 6.42 Å². The molecule has 0 radical (unpaired) electrons. The number of pyridine rings is 1. The van der Waals surface area contributed by atoms with Gasteiger partial charge in [-0.3, -0.25) is 4.98 Å². The summed E-state index contributed by atoms with van der Waals surface area (Å²) in [6, 6.07) is 15.9. The van der Waals surface area contributed by atoms with E-state index >= 15 is 0 Å². The Kier molecular flexibility index (Phi) is 5.07. The minimum atomic E-state index is 0.746. The normalized spacial score (nSPS) is 12.1. The Morgan fingerprint density at radius 1 is 1.15 bits per heavy atom. The van der Waals surface area contributed by atoms with Crippen LogP contribution in [0.1, 0.15) is 18.1 Å². The highest BCUT2D eigenvalue weighted by Gasteiger charge is 2.10. The summed E-state index contributed by atoms with van der Waals surface area (Å²) in [5.41, 5.74) is 3.97. The molecule has 0 saturated heterocycles. The first-order valence-corrected chi connectivity index (χ1v) is 9.54. The summed E-state index contributed by atoms with van der Waals surface area (Å²) in [5, 5.41) is 6.66. The van der Waals surface area contributed by atoms with Crippen LogP contribution in [0.25, 0.3) is 11.5 Å². The van der Waals surface area contributed by atoms with Crippen LogP contribution in [0, 0.1) is 0 Å². The molecular weight excluding hydrogens is 356 g/mol. The summed E-state index contributed by atoms with van der Waals surface area (Å²) < 4.78 is 7.36. The van der Waals surface area contributed by atoms with Crippen molar-refractivity contribution >= 4 is 23.2 Å². The summed E-state index contributed by atoms with van der Waals surface area (Å²) >= 11 is 1.51. The minimum Gasteiger partial charge on any atom is -0.463 e. The van der Waals surface area contributed by atoms with Crippen LogP contribution in [0.15, 0.2) is 87.1 Å². The lowest BCUT2D eigenvalue weighted by Crippen LogP contribution is -2.11.